The average Bonchev–Trinajstić information content (AvgIpc) is 3.71. The van der Waals surface area contributed by atoms with Gasteiger partial charge in [0.2, 0.25) is 5.91 Å². The van der Waals surface area contributed by atoms with E-state index in [0.717, 1.165) is 20.7 Å². The summed E-state index contributed by atoms with van der Waals surface area (Å²) in [5.74, 6) is -0.162. The van der Waals surface area contributed by atoms with E-state index in [2.05, 4.69) is 4.98 Å². The molecule has 9 nitrogen and oxygen atoms in total. The quantitative estimate of drug-likeness (QED) is 0.161. The van der Waals surface area contributed by atoms with Crippen molar-refractivity contribution in [1.29, 1.82) is 0 Å². The first-order chi connectivity index (χ1) is 19.6. The van der Waals surface area contributed by atoms with E-state index >= 15 is 0 Å². The van der Waals surface area contributed by atoms with E-state index in [0.29, 0.717) is 43.9 Å². The van der Waals surface area contributed by atoms with Gasteiger partial charge < -0.3 is 4.42 Å². The molecule has 1 aliphatic heterocycles. The van der Waals surface area contributed by atoms with Crippen molar-refractivity contribution in [2.75, 3.05) is 5.75 Å². The lowest BCUT2D eigenvalue weighted by molar-refractivity contribution is 0.0934. The number of rotatable bonds is 3. The maximum Gasteiger partial charge on any atom is 0.345 e. The van der Waals surface area contributed by atoms with Crippen LogP contribution in [0.1, 0.15) is 4.79 Å². The highest BCUT2D eigenvalue weighted by atomic mass is 32.2. The van der Waals surface area contributed by atoms with E-state index in [1.807, 2.05) is 66.7 Å². The Morgan fingerprint density at radius 2 is 1.70 bits per heavy atom. The van der Waals surface area contributed by atoms with Crippen molar-refractivity contribution in [2.45, 2.75) is 5.16 Å². The molecule has 3 aromatic carbocycles. The van der Waals surface area contributed by atoms with Gasteiger partial charge in [-0.05, 0) is 35.0 Å². The molecule has 0 spiro atoms. The Morgan fingerprint density at radius 1 is 0.875 bits per heavy atom. The van der Waals surface area contributed by atoms with Gasteiger partial charge in [0.25, 0.3) is 5.56 Å². The van der Waals surface area contributed by atoms with Crippen LogP contribution in [0, 0.1) is 0 Å². The minimum absolute atomic E-state index is 0.150. The molecule has 0 N–H and O–H groups in total. The number of aromatic nitrogens is 5. The molecule has 8 rings (SSSR count). The minimum Gasteiger partial charge on any atom is -0.422 e. The third-order valence-electron chi connectivity index (χ3n) is 6.86. The minimum atomic E-state index is -0.497. The highest BCUT2D eigenvalue weighted by molar-refractivity contribution is 8.00. The van der Waals surface area contributed by atoms with Crippen LogP contribution >= 0.6 is 23.1 Å². The maximum absolute atomic E-state index is 13.5. The molecule has 11 heteroatoms. The van der Waals surface area contributed by atoms with Crippen molar-refractivity contribution in [1.82, 2.24) is 24.3 Å². The SMILES string of the molecule is O=C1CSc2nc3c(-c4nc(-c5cc6c(ccc7ccccc76)oc5=O)cs4)nn(-c4ccccc4)c3c(=O)n21. The normalized spacial score (nSPS) is 13.1. The van der Waals surface area contributed by atoms with Crippen LogP contribution in [0.2, 0.25) is 0 Å². The number of hydrogen-bond acceptors (Lipinski definition) is 9. The van der Waals surface area contributed by atoms with E-state index < -0.39 is 11.2 Å². The Morgan fingerprint density at radius 3 is 2.58 bits per heavy atom. The maximum atomic E-state index is 13.5. The second kappa shape index (κ2) is 8.57. The molecule has 0 amide bonds. The second-order valence-corrected chi connectivity index (χ2v) is 11.0. The lowest BCUT2D eigenvalue weighted by Crippen LogP contribution is -2.27. The van der Waals surface area contributed by atoms with Gasteiger partial charge in [0.05, 0.1) is 22.7 Å². The Kier molecular flexibility index (Phi) is 4.94. The van der Waals surface area contributed by atoms with E-state index in [4.69, 9.17) is 14.5 Å². The van der Waals surface area contributed by atoms with Crippen molar-refractivity contribution in [3.8, 4) is 27.6 Å². The topological polar surface area (TPSA) is 113 Å². The van der Waals surface area contributed by atoms with Gasteiger partial charge in [0.15, 0.2) is 10.7 Å². The first-order valence-electron chi connectivity index (χ1n) is 12.3. The Balaban J connectivity index is 1.34. The molecule has 0 unspecified atom stereocenters. The fraction of sp³-hybridized carbons (Fsp3) is 0.0345. The number of hydrogen-bond donors (Lipinski definition) is 0. The summed E-state index contributed by atoms with van der Waals surface area (Å²) < 4.78 is 8.28. The lowest BCUT2D eigenvalue weighted by atomic mass is 10.0. The Labute approximate surface area is 232 Å². The van der Waals surface area contributed by atoms with Crippen molar-refractivity contribution < 1.29 is 9.21 Å². The van der Waals surface area contributed by atoms with Gasteiger partial charge in [0, 0.05) is 10.8 Å². The summed E-state index contributed by atoms with van der Waals surface area (Å²) in [5, 5.41) is 10.1. The van der Waals surface area contributed by atoms with Crippen LogP contribution in [0.3, 0.4) is 0 Å². The van der Waals surface area contributed by atoms with Crippen LogP contribution in [0.25, 0.3) is 60.4 Å². The summed E-state index contributed by atoms with van der Waals surface area (Å²) in [6.07, 6.45) is 0. The van der Waals surface area contributed by atoms with Crippen molar-refractivity contribution in [2.24, 2.45) is 0 Å². The molecule has 4 aromatic heterocycles. The number of benzene rings is 3. The molecular weight excluding hydrogens is 546 g/mol. The molecule has 0 saturated heterocycles. The fourth-order valence-electron chi connectivity index (χ4n) is 5.01. The van der Waals surface area contributed by atoms with Crippen LogP contribution in [-0.2, 0) is 0 Å². The van der Waals surface area contributed by atoms with Gasteiger partial charge >= 0.3 is 5.63 Å². The first-order valence-corrected chi connectivity index (χ1v) is 14.1. The molecule has 7 aromatic rings. The molecule has 0 aliphatic carbocycles. The van der Waals surface area contributed by atoms with Gasteiger partial charge in [0.1, 0.15) is 21.8 Å². The molecule has 0 fully saturated rings. The number of carbonyl (C=O) groups is 1. The molecular formula is C29H15N5O4S2. The van der Waals surface area contributed by atoms with Gasteiger partial charge in [-0.15, -0.1) is 11.3 Å². The monoisotopic (exact) mass is 561 g/mol. The number of thiazole rings is 1. The highest BCUT2D eigenvalue weighted by Gasteiger charge is 2.29. The smallest absolute Gasteiger partial charge is 0.345 e. The summed E-state index contributed by atoms with van der Waals surface area (Å²) >= 11 is 2.50. The van der Waals surface area contributed by atoms with Crippen LogP contribution in [0.4, 0.5) is 0 Å². The van der Waals surface area contributed by atoms with E-state index in [1.165, 1.54) is 27.8 Å². The van der Waals surface area contributed by atoms with Crippen LogP contribution in [-0.4, -0.2) is 36.0 Å². The van der Waals surface area contributed by atoms with Crippen molar-refractivity contribution >= 4 is 61.8 Å². The number of carbonyl (C=O) groups excluding carboxylic acids is 1. The summed E-state index contributed by atoms with van der Waals surface area (Å²) in [5.41, 5.74) is 1.87. The van der Waals surface area contributed by atoms with Gasteiger partial charge in [-0.3, -0.25) is 9.59 Å². The van der Waals surface area contributed by atoms with Crippen LogP contribution in [0.5, 0.6) is 0 Å². The molecule has 192 valence electrons. The van der Waals surface area contributed by atoms with E-state index in [-0.39, 0.29) is 17.2 Å². The lowest BCUT2D eigenvalue weighted by Gasteiger charge is -2.04. The molecule has 5 heterocycles. The zero-order chi connectivity index (χ0) is 27.0. The molecule has 1 aliphatic rings. The van der Waals surface area contributed by atoms with Gasteiger partial charge in [-0.25, -0.2) is 24.0 Å². The summed E-state index contributed by atoms with van der Waals surface area (Å²) in [6.45, 7) is 0. The largest absolute Gasteiger partial charge is 0.422 e. The fourth-order valence-corrected chi connectivity index (χ4v) is 6.66. The third-order valence-corrected chi connectivity index (χ3v) is 8.64. The third kappa shape index (κ3) is 3.34. The number of para-hydroxylation sites is 1. The summed E-state index contributed by atoms with van der Waals surface area (Å²) in [7, 11) is 0. The molecule has 0 bridgehead atoms. The van der Waals surface area contributed by atoms with Gasteiger partial charge in [-0.2, -0.15) is 5.10 Å². The second-order valence-electron chi connectivity index (χ2n) is 9.19. The molecule has 0 radical (unpaired) electrons. The van der Waals surface area contributed by atoms with Crippen molar-refractivity contribution in [3.63, 3.8) is 0 Å². The predicted octanol–water partition coefficient (Wildman–Crippen LogP) is 5.38. The average molecular weight is 562 g/mol. The van der Waals surface area contributed by atoms with Gasteiger partial charge in [-0.1, -0.05) is 60.3 Å². The van der Waals surface area contributed by atoms with Crippen LogP contribution in [0.15, 0.2) is 97.3 Å². The summed E-state index contributed by atoms with van der Waals surface area (Å²) in [4.78, 5) is 48.4. The van der Waals surface area contributed by atoms with Crippen molar-refractivity contribution in [3.05, 3.63) is 99.0 Å². The highest BCUT2D eigenvalue weighted by Crippen LogP contribution is 2.35. The zero-order valence-electron chi connectivity index (χ0n) is 20.4. The Hall–Kier alpha value is -4.87. The molecule has 0 saturated carbocycles. The number of nitrogens with zero attached hydrogens (tertiary/aromatic N) is 5. The zero-order valence-corrected chi connectivity index (χ0v) is 22.0. The molecule has 0 atom stereocenters. The molecule has 40 heavy (non-hydrogen) atoms. The Bertz CT molecular complexity index is 2300. The van der Waals surface area contributed by atoms with E-state index in [1.54, 1.807) is 11.4 Å². The van der Waals surface area contributed by atoms with Crippen LogP contribution < -0.4 is 11.2 Å². The summed E-state index contributed by atoms with van der Waals surface area (Å²) in [6, 6.07) is 22.6. The standard InChI is InChI=1S/C29H15N5O4S2/c35-22-14-40-29-31-23-24(32-34(16-7-2-1-3-8-16)25(23)27(36)33(22)29)26-30-20(13-39-26)19-12-18-17-9-5-4-6-15(17)10-11-21(18)38-28(19)37/h1-13H,14H2. The number of thioether (sulfide) groups is 1. The first kappa shape index (κ1) is 23.1. The predicted molar refractivity (Wildman–Crippen MR) is 155 cm³/mol. The van der Waals surface area contributed by atoms with E-state index in [9.17, 15) is 14.4 Å². The number of fused-ring (bicyclic) bond motifs is 5.